The lowest BCUT2D eigenvalue weighted by Gasteiger charge is -2.17. The smallest absolute Gasteiger partial charge is 0.252 e. The van der Waals surface area contributed by atoms with Crippen LogP contribution in [-0.2, 0) is 11.2 Å². The highest BCUT2D eigenvalue weighted by molar-refractivity contribution is 7.99. The van der Waals surface area contributed by atoms with Crippen molar-refractivity contribution in [2.45, 2.75) is 29.1 Å². The topological polar surface area (TPSA) is 73.2 Å². The van der Waals surface area contributed by atoms with Crippen molar-refractivity contribution >= 4 is 29.3 Å². The van der Waals surface area contributed by atoms with E-state index in [1.165, 1.54) is 17.3 Å². The number of nitrogens with zero attached hydrogens (tertiary/aromatic N) is 2. The van der Waals surface area contributed by atoms with Gasteiger partial charge in [0.05, 0.1) is 11.1 Å². The van der Waals surface area contributed by atoms with E-state index < -0.39 is 0 Å². The highest BCUT2D eigenvalue weighted by Gasteiger charge is 2.23. The average molecular weight is 442 g/mol. The zero-order chi connectivity index (χ0) is 22.3. The number of carbonyl (C=O) groups is 2. The first-order valence-electron chi connectivity index (χ1n) is 10.6. The van der Waals surface area contributed by atoms with E-state index in [0.29, 0.717) is 30.5 Å². The number of nitriles is 1. The molecule has 32 heavy (non-hydrogen) atoms. The van der Waals surface area contributed by atoms with E-state index in [4.69, 9.17) is 0 Å². The molecule has 1 N–H and O–H groups in total. The number of carbonyl (C=O) groups excluding carboxylic acids is 2. The fourth-order valence-corrected chi connectivity index (χ4v) is 4.80. The van der Waals surface area contributed by atoms with Gasteiger partial charge in [0.2, 0.25) is 5.91 Å². The van der Waals surface area contributed by atoms with Crippen molar-refractivity contribution in [1.82, 2.24) is 5.32 Å². The summed E-state index contributed by atoms with van der Waals surface area (Å²) in [5, 5.41) is 12.3. The van der Waals surface area contributed by atoms with E-state index in [9.17, 15) is 14.9 Å². The maximum atomic E-state index is 12.8. The summed E-state index contributed by atoms with van der Waals surface area (Å²) in [5.74, 6) is -0.0882. The third-order valence-corrected chi connectivity index (χ3v) is 6.55. The number of fused-ring (bicyclic) bond motifs is 1. The number of amides is 2. The van der Waals surface area contributed by atoms with Crippen molar-refractivity contribution in [3.8, 4) is 6.07 Å². The van der Waals surface area contributed by atoms with Gasteiger partial charge in [0, 0.05) is 35.0 Å². The molecule has 6 heteroatoms. The zero-order valence-electron chi connectivity index (χ0n) is 17.6. The van der Waals surface area contributed by atoms with Gasteiger partial charge in [-0.2, -0.15) is 5.26 Å². The van der Waals surface area contributed by atoms with Gasteiger partial charge in [0.25, 0.3) is 5.91 Å². The minimum absolute atomic E-state index is 0.0910. The molecule has 0 bridgehead atoms. The van der Waals surface area contributed by atoms with Crippen LogP contribution in [0.5, 0.6) is 0 Å². The summed E-state index contributed by atoms with van der Waals surface area (Å²) in [6.45, 7) is 1.15. The van der Waals surface area contributed by atoms with Crippen LogP contribution in [0.1, 0.15) is 34.3 Å². The second-order valence-electron chi connectivity index (χ2n) is 7.49. The molecule has 4 rings (SSSR count). The average Bonchev–Trinajstić information content (AvgIpc) is 3.26. The molecule has 3 aromatic carbocycles. The van der Waals surface area contributed by atoms with E-state index in [1.807, 2.05) is 59.5 Å². The zero-order valence-corrected chi connectivity index (χ0v) is 18.4. The second-order valence-corrected chi connectivity index (χ2v) is 8.57. The molecule has 2 amide bonds. The van der Waals surface area contributed by atoms with Crippen molar-refractivity contribution in [3.05, 3.63) is 89.5 Å². The minimum atomic E-state index is -0.179. The first kappa shape index (κ1) is 21.7. The number of hydrogen-bond donors (Lipinski definition) is 1. The monoisotopic (exact) mass is 441 g/mol. The van der Waals surface area contributed by atoms with Gasteiger partial charge in [0.15, 0.2) is 0 Å². The fourth-order valence-electron chi connectivity index (χ4n) is 3.78. The Labute approximate surface area is 192 Å². The summed E-state index contributed by atoms with van der Waals surface area (Å²) in [7, 11) is 0. The predicted octanol–water partition coefficient (Wildman–Crippen LogP) is 4.81. The van der Waals surface area contributed by atoms with Crippen LogP contribution >= 0.6 is 11.8 Å². The molecular weight excluding hydrogens is 418 g/mol. The van der Waals surface area contributed by atoms with Gasteiger partial charge in [0.1, 0.15) is 6.07 Å². The minimum Gasteiger partial charge on any atom is -0.352 e. The maximum absolute atomic E-state index is 12.8. The molecule has 3 aromatic rings. The second kappa shape index (κ2) is 10.2. The maximum Gasteiger partial charge on any atom is 0.252 e. The molecule has 0 fully saturated rings. The van der Waals surface area contributed by atoms with Gasteiger partial charge < -0.3 is 10.2 Å². The SMILES string of the molecule is N#Cc1ccccc1Sc1ccccc1C(=O)NCCCC(=O)N1CCc2ccccc21. The number of nitrogens with one attached hydrogen (secondary N) is 1. The number of hydrogen-bond acceptors (Lipinski definition) is 4. The molecular formula is C26H23N3O2S. The molecule has 1 heterocycles. The highest BCUT2D eigenvalue weighted by atomic mass is 32.2. The molecule has 0 atom stereocenters. The van der Waals surface area contributed by atoms with Crippen LogP contribution in [0.15, 0.2) is 82.6 Å². The first-order chi connectivity index (χ1) is 15.7. The Kier molecular flexibility index (Phi) is 6.88. The molecule has 0 aliphatic carbocycles. The summed E-state index contributed by atoms with van der Waals surface area (Å²) in [5.41, 5.74) is 3.35. The Morgan fingerprint density at radius 2 is 1.69 bits per heavy atom. The molecule has 1 aliphatic rings. The van der Waals surface area contributed by atoms with Crippen molar-refractivity contribution < 1.29 is 9.59 Å². The number of rotatable bonds is 7. The summed E-state index contributed by atoms with van der Waals surface area (Å²) < 4.78 is 0. The summed E-state index contributed by atoms with van der Waals surface area (Å²) >= 11 is 1.40. The lowest BCUT2D eigenvalue weighted by molar-refractivity contribution is -0.118. The van der Waals surface area contributed by atoms with Crippen molar-refractivity contribution in [2.24, 2.45) is 0 Å². The Balaban J connectivity index is 1.32. The van der Waals surface area contributed by atoms with Crippen LogP contribution in [0.4, 0.5) is 5.69 Å². The van der Waals surface area contributed by atoms with Gasteiger partial charge in [-0.1, -0.05) is 54.2 Å². The molecule has 0 unspecified atom stereocenters. The number of benzene rings is 3. The van der Waals surface area contributed by atoms with Crippen LogP contribution in [0.25, 0.3) is 0 Å². The molecule has 0 saturated heterocycles. The molecule has 0 radical (unpaired) electrons. The van der Waals surface area contributed by atoms with Gasteiger partial charge in [-0.25, -0.2) is 0 Å². The summed E-state index contributed by atoms with van der Waals surface area (Å²) in [6, 6.07) is 24.9. The van der Waals surface area contributed by atoms with E-state index in [2.05, 4.69) is 17.5 Å². The number of anilines is 1. The lowest BCUT2D eigenvalue weighted by Crippen LogP contribution is -2.30. The Morgan fingerprint density at radius 3 is 2.53 bits per heavy atom. The van der Waals surface area contributed by atoms with Crippen LogP contribution < -0.4 is 10.2 Å². The Morgan fingerprint density at radius 1 is 0.969 bits per heavy atom. The van der Waals surface area contributed by atoms with Crippen molar-refractivity contribution in [3.63, 3.8) is 0 Å². The van der Waals surface area contributed by atoms with Crippen LogP contribution in [0, 0.1) is 11.3 Å². The van der Waals surface area contributed by atoms with Gasteiger partial charge in [-0.3, -0.25) is 9.59 Å². The quantitative estimate of drug-likeness (QED) is 0.534. The highest BCUT2D eigenvalue weighted by Crippen LogP contribution is 2.32. The van der Waals surface area contributed by atoms with E-state index in [0.717, 1.165) is 28.4 Å². The van der Waals surface area contributed by atoms with E-state index in [1.54, 1.807) is 12.1 Å². The van der Waals surface area contributed by atoms with E-state index >= 15 is 0 Å². The van der Waals surface area contributed by atoms with Gasteiger partial charge in [-0.15, -0.1) is 0 Å². The van der Waals surface area contributed by atoms with Crippen LogP contribution in [0.3, 0.4) is 0 Å². The van der Waals surface area contributed by atoms with Gasteiger partial charge >= 0.3 is 0 Å². The van der Waals surface area contributed by atoms with Gasteiger partial charge in [-0.05, 0) is 48.7 Å². The molecule has 5 nitrogen and oxygen atoms in total. The predicted molar refractivity (Wildman–Crippen MR) is 126 cm³/mol. The summed E-state index contributed by atoms with van der Waals surface area (Å²) in [4.78, 5) is 28.9. The van der Waals surface area contributed by atoms with Crippen LogP contribution in [0.2, 0.25) is 0 Å². The molecule has 0 saturated carbocycles. The van der Waals surface area contributed by atoms with Crippen molar-refractivity contribution in [1.29, 1.82) is 5.26 Å². The molecule has 160 valence electrons. The molecule has 0 spiro atoms. The number of para-hydroxylation sites is 1. The molecule has 0 aromatic heterocycles. The lowest BCUT2D eigenvalue weighted by atomic mass is 10.2. The molecule has 1 aliphatic heterocycles. The Bertz CT molecular complexity index is 1190. The van der Waals surface area contributed by atoms with E-state index in [-0.39, 0.29) is 11.8 Å². The fraction of sp³-hybridized carbons (Fsp3) is 0.192. The standard InChI is InChI=1S/C26H23N3O2S/c27-18-20-9-2-5-12-23(20)32-24-13-6-3-10-21(24)26(31)28-16-7-14-25(30)29-17-15-19-8-1-4-11-22(19)29/h1-6,8-13H,7,14-17H2,(H,28,31). The third-order valence-electron chi connectivity index (χ3n) is 5.40. The van der Waals surface area contributed by atoms with Crippen LogP contribution in [-0.4, -0.2) is 24.9 Å². The summed E-state index contributed by atoms with van der Waals surface area (Å²) in [6.07, 6.45) is 1.86. The first-order valence-corrected chi connectivity index (χ1v) is 11.4. The van der Waals surface area contributed by atoms with Crippen molar-refractivity contribution in [2.75, 3.05) is 18.0 Å². The third kappa shape index (κ3) is 4.84. The Hall–Kier alpha value is -3.56. The largest absolute Gasteiger partial charge is 0.352 e. The normalized spacial score (nSPS) is 12.2.